The minimum Gasteiger partial charge on any atom is -0.379 e. The Morgan fingerprint density at radius 3 is 2.92 bits per heavy atom. The number of hydrogen-bond donors (Lipinski definition) is 1. The van der Waals surface area contributed by atoms with Crippen molar-refractivity contribution in [2.75, 3.05) is 26.7 Å². The molecule has 0 aliphatic carbocycles. The van der Waals surface area contributed by atoms with Crippen LogP contribution in [0, 0.1) is 0 Å². The third-order valence-corrected chi connectivity index (χ3v) is 4.60. The quantitative estimate of drug-likeness (QED) is 0.727. The molecule has 1 aliphatic heterocycles. The van der Waals surface area contributed by atoms with Crippen LogP contribution in [0.2, 0.25) is 0 Å². The molecular weight excluding hydrogens is 320 g/mol. The SMILES string of the molecule is CO[C@@H]1CN(CCc2nc(-c3ccccc3)no2)C[C@H]1c1cn[nH]n1. The Kier molecular flexibility index (Phi) is 4.53. The summed E-state index contributed by atoms with van der Waals surface area (Å²) in [6.45, 7) is 2.57. The summed E-state index contributed by atoms with van der Waals surface area (Å²) in [7, 11) is 1.74. The highest BCUT2D eigenvalue weighted by Crippen LogP contribution is 2.27. The summed E-state index contributed by atoms with van der Waals surface area (Å²) < 4.78 is 11.0. The molecule has 4 rings (SSSR count). The summed E-state index contributed by atoms with van der Waals surface area (Å²) >= 11 is 0. The molecule has 0 radical (unpaired) electrons. The number of rotatable bonds is 6. The lowest BCUT2D eigenvalue weighted by Crippen LogP contribution is -2.25. The van der Waals surface area contributed by atoms with Gasteiger partial charge in [-0.1, -0.05) is 35.5 Å². The molecule has 130 valence electrons. The molecule has 0 amide bonds. The van der Waals surface area contributed by atoms with E-state index in [1.807, 2.05) is 30.3 Å². The summed E-state index contributed by atoms with van der Waals surface area (Å²) in [4.78, 5) is 6.82. The molecule has 8 heteroatoms. The number of likely N-dealkylation sites (tertiary alicyclic amines) is 1. The van der Waals surface area contributed by atoms with E-state index in [0.29, 0.717) is 18.1 Å². The topological polar surface area (TPSA) is 93.0 Å². The highest BCUT2D eigenvalue weighted by Gasteiger charge is 2.35. The van der Waals surface area contributed by atoms with Gasteiger partial charge in [-0.15, -0.1) is 0 Å². The van der Waals surface area contributed by atoms with E-state index in [0.717, 1.165) is 30.9 Å². The van der Waals surface area contributed by atoms with E-state index in [1.54, 1.807) is 13.3 Å². The molecule has 2 atom stereocenters. The fourth-order valence-corrected chi connectivity index (χ4v) is 3.26. The molecular formula is C17H20N6O2. The molecule has 0 unspecified atom stereocenters. The van der Waals surface area contributed by atoms with Crippen LogP contribution in [-0.2, 0) is 11.2 Å². The zero-order valence-corrected chi connectivity index (χ0v) is 14.0. The number of nitrogens with zero attached hydrogens (tertiary/aromatic N) is 5. The van der Waals surface area contributed by atoms with Crippen LogP contribution in [0.1, 0.15) is 17.5 Å². The standard InChI is InChI=1S/C17H20N6O2/c1-24-15-11-23(10-13(15)14-9-18-22-20-14)8-7-16-19-17(21-25-16)12-5-3-2-4-6-12/h2-6,9,13,15H,7-8,10-11H2,1H3,(H,18,20,22)/t13-,15+/m0/s1. The van der Waals surface area contributed by atoms with E-state index in [2.05, 4.69) is 30.5 Å². The second-order valence-electron chi connectivity index (χ2n) is 6.16. The molecule has 1 saturated heterocycles. The summed E-state index contributed by atoms with van der Waals surface area (Å²) in [5.74, 6) is 1.51. The Bertz CT molecular complexity index is 789. The van der Waals surface area contributed by atoms with Crippen molar-refractivity contribution in [2.24, 2.45) is 0 Å². The lowest BCUT2D eigenvalue weighted by Gasteiger charge is -2.13. The Morgan fingerprint density at radius 1 is 1.28 bits per heavy atom. The van der Waals surface area contributed by atoms with E-state index in [1.165, 1.54) is 0 Å². The predicted octanol–water partition coefficient (Wildman–Crippen LogP) is 1.51. The van der Waals surface area contributed by atoms with Crippen molar-refractivity contribution >= 4 is 0 Å². The Morgan fingerprint density at radius 2 is 2.16 bits per heavy atom. The van der Waals surface area contributed by atoms with Crippen LogP contribution in [0.4, 0.5) is 0 Å². The number of benzene rings is 1. The van der Waals surface area contributed by atoms with Gasteiger partial charge < -0.3 is 9.26 Å². The van der Waals surface area contributed by atoms with Crippen molar-refractivity contribution in [1.29, 1.82) is 0 Å². The molecule has 1 N–H and O–H groups in total. The van der Waals surface area contributed by atoms with Crippen molar-refractivity contribution in [2.45, 2.75) is 18.4 Å². The molecule has 2 aromatic heterocycles. The second-order valence-corrected chi connectivity index (χ2v) is 6.16. The lowest BCUT2D eigenvalue weighted by molar-refractivity contribution is 0.0962. The summed E-state index contributed by atoms with van der Waals surface area (Å²) in [6, 6.07) is 9.84. The van der Waals surface area contributed by atoms with Gasteiger partial charge in [0, 0.05) is 44.6 Å². The fourth-order valence-electron chi connectivity index (χ4n) is 3.26. The molecule has 8 nitrogen and oxygen atoms in total. The van der Waals surface area contributed by atoms with Crippen LogP contribution in [0.3, 0.4) is 0 Å². The molecule has 1 fully saturated rings. The summed E-state index contributed by atoms with van der Waals surface area (Å²) in [6.07, 6.45) is 2.60. The fraction of sp³-hybridized carbons (Fsp3) is 0.412. The summed E-state index contributed by atoms with van der Waals surface area (Å²) in [5, 5.41) is 14.8. The maximum Gasteiger partial charge on any atom is 0.228 e. The molecule has 0 spiro atoms. The van der Waals surface area contributed by atoms with Gasteiger partial charge in [0.1, 0.15) is 0 Å². The van der Waals surface area contributed by atoms with Gasteiger partial charge in [-0.25, -0.2) is 0 Å². The van der Waals surface area contributed by atoms with Gasteiger partial charge >= 0.3 is 0 Å². The van der Waals surface area contributed by atoms with Gasteiger partial charge in [-0.2, -0.15) is 20.4 Å². The molecule has 3 aromatic rings. The van der Waals surface area contributed by atoms with Crippen molar-refractivity contribution in [3.05, 3.63) is 48.1 Å². The van der Waals surface area contributed by atoms with Crippen molar-refractivity contribution in [3.8, 4) is 11.4 Å². The molecule has 1 aromatic carbocycles. The zero-order valence-electron chi connectivity index (χ0n) is 14.0. The number of hydrogen-bond acceptors (Lipinski definition) is 7. The van der Waals surface area contributed by atoms with Crippen LogP contribution < -0.4 is 0 Å². The molecule has 1 aliphatic rings. The first-order valence-corrected chi connectivity index (χ1v) is 8.32. The van der Waals surface area contributed by atoms with Crippen LogP contribution in [0.25, 0.3) is 11.4 Å². The van der Waals surface area contributed by atoms with Gasteiger partial charge in [0.05, 0.1) is 18.0 Å². The molecule has 25 heavy (non-hydrogen) atoms. The maximum absolute atomic E-state index is 5.62. The van der Waals surface area contributed by atoms with E-state index in [-0.39, 0.29) is 12.0 Å². The van der Waals surface area contributed by atoms with E-state index < -0.39 is 0 Å². The minimum absolute atomic E-state index is 0.118. The van der Waals surface area contributed by atoms with Gasteiger partial charge in [0.25, 0.3) is 0 Å². The monoisotopic (exact) mass is 340 g/mol. The first-order valence-electron chi connectivity index (χ1n) is 8.32. The Labute approximate surface area is 145 Å². The van der Waals surface area contributed by atoms with Gasteiger partial charge in [-0.3, -0.25) is 4.90 Å². The first kappa shape index (κ1) is 15.9. The smallest absolute Gasteiger partial charge is 0.228 e. The third kappa shape index (κ3) is 3.45. The zero-order chi connectivity index (χ0) is 17.1. The van der Waals surface area contributed by atoms with E-state index in [9.17, 15) is 0 Å². The molecule has 3 heterocycles. The second kappa shape index (κ2) is 7.12. The van der Waals surface area contributed by atoms with Gasteiger partial charge in [0.2, 0.25) is 11.7 Å². The average molecular weight is 340 g/mol. The highest BCUT2D eigenvalue weighted by atomic mass is 16.5. The van der Waals surface area contributed by atoms with Crippen LogP contribution >= 0.6 is 0 Å². The number of ether oxygens (including phenoxy) is 1. The highest BCUT2D eigenvalue weighted by molar-refractivity contribution is 5.53. The van der Waals surface area contributed by atoms with Crippen molar-refractivity contribution < 1.29 is 9.26 Å². The number of methoxy groups -OCH3 is 1. The molecule has 0 bridgehead atoms. The predicted molar refractivity (Wildman–Crippen MR) is 89.8 cm³/mol. The number of nitrogens with one attached hydrogen (secondary N) is 1. The Balaban J connectivity index is 1.37. The number of aromatic amines is 1. The van der Waals surface area contributed by atoms with Gasteiger partial charge in [0.15, 0.2) is 0 Å². The maximum atomic E-state index is 5.62. The average Bonchev–Trinajstić information content (AvgIpc) is 3.40. The van der Waals surface area contributed by atoms with Crippen molar-refractivity contribution in [1.82, 2.24) is 30.5 Å². The number of aromatic nitrogens is 5. The van der Waals surface area contributed by atoms with Crippen LogP contribution in [-0.4, -0.2) is 63.3 Å². The largest absolute Gasteiger partial charge is 0.379 e. The number of H-pyrrole nitrogens is 1. The van der Waals surface area contributed by atoms with Gasteiger partial charge in [-0.05, 0) is 0 Å². The lowest BCUT2D eigenvalue weighted by atomic mass is 10.0. The Hall–Kier alpha value is -2.58. The molecule has 0 saturated carbocycles. The third-order valence-electron chi connectivity index (χ3n) is 4.60. The van der Waals surface area contributed by atoms with Crippen LogP contribution in [0.5, 0.6) is 0 Å². The van der Waals surface area contributed by atoms with Crippen LogP contribution in [0.15, 0.2) is 41.1 Å². The summed E-state index contributed by atoms with van der Waals surface area (Å²) in [5.41, 5.74) is 1.91. The minimum atomic E-state index is 0.118. The van der Waals surface area contributed by atoms with E-state index in [4.69, 9.17) is 9.26 Å². The normalized spacial score (nSPS) is 21.0. The first-order chi connectivity index (χ1) is 12.3. The van der Waals surface area contributed by atoms with Crippen molar-refractivity contribution in [3.63, 3.8) is 0 Å². The van der Waals surface area contributed by atoms with E-state index >= 15 is 0 Å².